The van der Waals surface area contributed by atoms with Crippen molar-refractivity contribution in [2.24, 2.45) is 11.8 Å². The van der Waals surface area contributed by atoms with Crippen LogP contribution in [0.2, 0.25) is 0 Å². The van der Waals surface area contributed by atoms with E-state index in [4.69, 9.17) is 4.74 Å². The van der Waals surface area contributed by atoms with Crippen molar-refractivity contribution >= 4 is 16.1 Å². The molecule has 2 amide bonds. The molecule has 0 aromatic heterocycles. The van der Waals surface area contributed by atoms with Gasteiger partial charge in [-0.1, -0.05) is 32.6 Å². The molecular formula is C25H39N3O5S. The summed E-state index contributed by atoms with van der Waals surface area (Å²) in [7, 11) is -2.23. The number of carbonyl (C=O) groups excluding carboxylic acids is 1. The Morgan fingerprint density at radius 3 is 2.56 bits per heavy atom. The molecular weight excluding hydrogens is 454 g/mol. The highest BCUT2D eigenvalue weighted by Crippen LogP contribution is 2.34. The lowest BCUT2D eigenvalue weighted by Crippen LogP contribution is -2.51. The number of urea groups is 1. The first-order chi connectivity index (χ1) is 15.9. The van der Waals surface area contributed by atoms with Crippen molar-refractivity contribution in [2.45, 2.75) is 71.0 Å². The molecule has 190 valence electrons. The third-order valence-corrected chi connectivity index (χ3v) is 7.64. The smallest absolute Gasteiger partial charge is 0.317 e. The predicted octanol–water partition coefficient (Wildman–Crippen LogP) is 2.90. The summed E-state index contributed by atoms with van der Waals surface area (Å²) in [6.45, 7) is 11.6. The van der Waals surface area contributed by atoms with Gasteiger partial charge in [0.1, 0.15) is 16.7 Å². The Kier molecular flexibility index (Phi) is 9.80. The van der Waals surface area contributed by atoms with Crippen LogP contribution in [0.5, 0.6) is 5.75 Å². The number of nitrogens with zero attached hydrogens (tertiary/aromatic N) is 2. The molecule has 1 aromatic carbocycles. The maximum absolute atomic E-state index is 13.5. The molecule has 1 aromatic rings. The van der Waals surface area contributed by atoms with E-state index in [0.717, 1.165) is 6.42 Å². The number of carbonyl (C=O) groups is 1. The Bertz CT molecular complexity index is 1010. The number of aliphatic hydroxyl groups is 1. The summed E-state index contributed by atoms with van der Waals surface area (Å²) in [4.78, 5) is 14.1. The van der Waals surface area contributed by atoms with Crippen LogP contribution in [0.4, 0.5) is 4.79 Å². The number of hydrogen-bond acceptors (Lipinski definition) is 5. The molecule has 0 aliphatic carbocycles. The summed E-state index contributed by atoms with van der Waals surface area (Å²) >= 11 is 0. The minimum atomic E-state index is -3.91. The summed E-state index contributed by atoms with van der Waals surface area (Å²) in [5, 5.41) is 12.6. The zero-order chi connectivity index (χ0) is 25.6. The molecule has 0 radical (unpaired) electrons. The van der Waals surface area contributed by atoms with Crippen LogP contribution in [0.25, 0.3) is 0 Å². The minimum absolute atomic E-state index is 0.00985. The molecule has 3 atom stereocenters. The Hall–Kier alpha value is -2.28. The fraction of sp³-hybridized carbons (Fsp3) is 0.640. The van der Waals surface area contributed by atoms with E-state index < -0.39 is 22.2 Å². The van der Waals surface area contributed by atoms with Crippen LogP contribution in [-0.2, 0) is 10.0 Å². The average Bonchev–Trinajstić information content (AvgIpc) is 2.74. The van der Waals surface area contributed by atoms with Gasteiger partial charge in [0.2, 0.25) is 10.0 Å². The molecule has 1 aliphatic rings. The molecule has 0 fully saturated rings. The molecule has 0 saturated carbocycles. The standard InChI is InChI=1S/C25H39N3O5S/c1-17(2)9-8-10-21-11-12-24-22(13-21)33-23(15-27(7)25(30)26-18(3)4)19(5)14-28(20(6)16-29)34(24,31)32/h11-13,17-20,23,29H,9,14-16H2,1-7H3,(H,26,30)/t19-,20-,23+/m0/s1. The quantitative estimate of drug-likeness (QED) is 0.594. The summed E-state index contributed by atoms with van der Waals surface area (Å²) in [5.74, 6) is 6.60. The largest absolute Gasteiger partial charge is 0.487 e. The Balaban J connectivity index is 2.50. The number of likely N-dealkylation sites (N-methyl/N-ethyl adjacent to an activating group) is 1. The first kappa shape index (κ1) is 28.0. The van der Waals surface area contributed by atoms with Gasteiger partial charge in [-0.3, -0.25) is 0 Å². The van der Waals surface area contributed by atoms with Gasteiger partial charge in [0.15, 0.2) is 0 Å². The summed E-state index contributed by atoms with van der Waals surface area (Å²) in [6.07, 6.45) is 0.261. The van der Waals surface area contributed by atoms with Gasteiger partial charge in [0.05, 0.1) is 13.2 Å². The molecule has 9 heteroatoms. The summed E-state index contributed by atoms with van der Waals surface area (Å²) in [6, 6.07) is 4.01. The number of nitrogens with one attached hydrogen (secondary N) is 1. The van der Waals surface area contributed by atoms with Crippen molar-refractivity contribution in [3.63, 3.8) is 0 Å². The lowest BCUT2D eigenvalue weighted by molar-refractivity contribution is 0.0809. The third kappa shape index (κ3) is 7.11. The molecule has 0 bridgehead atoms. The normalized spacial score (nSPS) is 20.9. The third-order valence-electron chi connectivity index (χ3n) is 5.62. The van der Waals surface area contributed by atoms with Crippen molar-refractivity contribution in [2.75, 3.05) is 26.7 Å². The van der Waals surface area contributed by atoms with Crippen LogP contribution in [0, 0.1) is 23.7 Å². The van der Waals surface area contributed by atoms with Crippen LogP contribution in [0.15, 0.2) is 23.1 Å². The number of amides is 2. The molecule has 8 nitrogen and oxygen atoms in total. The topological polar surface area (TPSA) is 99.2 Å². The van der Waals surface area contributed by atoms with Crippen LogP contribution in [0.1, 0.15) is 53.5 Å². The molecule has 1 heterocycles. The zero-order valence-electron chi connectivity index (χ0n) is 21.3. The van der Waals surface area contributed by atoms with Crippen molar-refractivity contribution in [3.05, 3.63) is 23.8 Å². The second kappa shape index (κ2) is 11.9. The maximum atomic E-state index is 13.5. The Labute approximate surface area is 204 Å². The lowest BCUT2D eigenvalue weighted by atomic mass is 10.0. The molecule has 2 rings (SSSR count). The van der Waals surface area contributed by atoms with Gasteiger partial charge >= 0.3 is 6.03 Å². The predicted molar refractivity (Wildman–Crippen MR) is 133 cm³/mol. The first-order valence-electron chi connectivity index (χ1n) is 11.8. The number of fused-ring (bicyclic) bond motifs is 1. The van der Waals surface area contributed by atoms with E-state index in [0.29, 0.717) is 11.5 Å². The molecule has 1 aliphatic heterocycles. The van der Waals surface area contributed by atoms with E-state index in [9.17, 15) is 18.3 Å². The fourth-order valence-electron chi connectivity index (χ4n) is 3.59. The molecule has 34 heavy (non-hydrogen) atoms. The lowest BCUT2D eigenvalue weighted by Gasteiger charge is -2.37. The van der Waals surface area contributed by atoms with E-state index >= 15 is 0 Å². The van der Waals surface area contributed by atoms with Gasteiger partial charge in [-0.2, -0.15) is 4.31 Å². The van der Waals surface area contributed by atoms with Gasteiger partial charge in [-0.15, -0.1) is 0 Å². The molecule has 0 unspecified atom stereocenters. The Morgan fingerprint density at radius 2 is 1.97 bits per heavy atom. The van der Waals surface area contributed by atoms with Gasteiger partial charge < -0.3 is 20.1 Å². The summed E-state index contributed by atoms with van der Waals surface area (Å²) < 4.78 is 34.6. The number of sulfonamides is 1. The van der Waals surface area contributed by atoms with Gasteiger partial charge in [-0.05, 0) is 44.9 Å². The van der Waals surface area contributed by atoms with E-state index in [1.807, 2.05) is 20.8 Å². The number of hydrogen-bond donors (Lipinski definition) is 2. The molecule has 0 spiro atoms. The van der Waals surface area contributed by atoms with Crippen molar-refractivity contribution < 1.29 is 23.1 Å². The van der Waals surface area contributed by atoms with E-state index in [2.05, 4.69) is 31.0 Å². The highest BCUT2D eigenvalue weighted by molar-refractivity contribution is 7.89. The first-order valence-corrected chi connectivity index (χ1v) is 13.2. The molecule has 2 N–H and O–H groups in total. The average molecular weight is 494 g/mol. The number of ether oxygens (including phenoxy) is 1. The van der Waals surface area contributed by atoms with E-state index in [-0.39, 0.29) is 48.3 Å². The van der Waals surface area contributed by atoms with Crippen molar-refractivity contribution in [3.8, 4) is 17.6 Å². The maximum Gasteiger partial charge on any atom is 0.317 e. The number of rotatable bonds is 6. The second-order valence-electron chi connectivity index (χ2n) is 9.79. The van der Waals surface area contributed by atoms with E-state index in [1.54, 1.807) is 31.0 Å². The van der Waals surface area contributed by atoms with Gasteiger partial charge in [-0.25, -0.2) is 13.2 Å². The van der Waals surface area contributed by atoms with Gasteiger partial charge in [0.25, 0.3) is 0 Å². The number of aliphatic hydroxyl groups excluding tert-OH is 1. The van der Waals surface area contributed by atoms with E-state index in [1.165, 1.54) is 10.4 Å². The zero-order valence-corrected chi connectivity index (χ0v) is 22.1. The summed E-state index contributed by atoms with van der Waals surface area (Å²) in [5.41, 5.74) is 0.661. The van der Waals surface area contributed by atoms with Crippen molar-refractivity contribution in [1.29, 1.82) is 0 Å². The van der Waals surface area contributed by atoms with Crippen LogP contribution in [-0.4, -0.2) is 73.7 Å². The minimum Gasteiger partial charge on any atom is -0.487 e. The SMILES string of the molecule is CC(C)CC#Cc1ccc2c(c1)O[C@H](CN(C)C(=O)NC(C)C)[C@@H](C)CN([C@@H](C)CO)S2(=O)=O. The number of benzene rings is 1. The molecule has 0 saturated heterocycles. The monoisotopic (exact) mass is 493 g/mol. The van der Waals surface area contributed by atoms with Crippen LogP contribution in [0.3, 0.4) is 0 Å². The second-order valence-corrected chi connectivity index (χ2v) is 11.6. The van der Waals surface area contributed by atoms with Gasteiger partial charge in [0, 0.05) is 43.6 Å². The van der Waals surface area contributed by atoms with Crippen molar-refractivity contribution in [1.82, 2.24) is 14.5 Å². The highest BCUT2D eigenvalue weighted by Gasteiger charge is 2.38. The van der Waals surface area contributed by atoms with Crippen LogP contribution >= 0.6 is 0 Å². The fourth-order valence-corrected chi connectivity index (χ4v) is 5.41. The highest BCUT2D eigenvalue weighted by atomic mass is 32.2. The van der Waals surface area contributed by atoms with Crippen LogP contribution < -0.4 is 10.1 Å². The Morgan fingerprint density at radius 1 is 1.29 bits per heavy atom.